The van der Waals surface area contributed by atoms with Crippen molar-refractivity contribution in [3.8, 4) is 5.75 Å². The van der Waals surface area contributed by atoms with Crippen molar-refractivity contribution in [2.45, 2.75) is 13.0 Å². The second-order valence-corrected chi connectivity index (χ2v) is 5.45. The number of carbonyl (C=O) groups excluding carboxylic acids is 1. The quantitative estimate of drug-likeness (QED) is 0.861. The number of aliphatic hydroxyl groups excluding tert-OH is 1. The molecule has 0 spiro atoms. The predicted octanol–water partition coefficient (Wildman–Crippen LogP) is 2.42. The van der Waals surface area contributed by atoms with E-state index in [1.807, 2.05) is 18.4 Å². The lowest BCUT2D eigenvalue weighted by molar-refractivity contribution is -0.123. The summed E-state index contributed by atoms with van der Waals surface area (Å²) in [6.07, 6.45) is -0.748. The normalized spacial score (nSPS) is 12.0. The molecule has 2 aromatic rings. The number of aliphatic hydroxyl groups is 1. The molecule has 1 aromatic carbocycles. The van der Waals surface area contributed by atoms with Gasteiger partial charge in [-0.2, -0.15) is 0 Å². The van der Waals surface area contributed by atoms with Crippen LogP contribution in [0.3, 0.4) is 0 Å². The number of rotatable bonds is 6. The monoisotopic (exact) mass is 309 g/mol. The van der Waals surface area contributed by atoms with E-state index in [-0.39, 0.29) is 18.9 Å². The van der Waals surface area contributed by atoms with Crippen LogP contribution in [0.25, 0.3) is 0 Å². The Balaban J connectivity index is 1.78. The van der Waals surface area contributed by atoms with E-state index in [4.69, 9.17) is 4.74 Å². The Bertz CT molecular complexity index is 614. The first-order chi connectivity index (χ1) is 10.1. The number of carbonyl (C=O) groups is 1. The van der Waals surface area contributed by atoms with Crippen LogP contribution in [-0.2, 0) is 4.79 Å². The maximum Gasteiger partial charge on any atom is 0.258 e. The number of thiophene rings is 1. The maximum absolute atomic E-state index is 13.3. The van der Waals surface area contributed by atoms with Gasteiger partial charge in [0.2, 0.25) is 0 Å². The van der Waals surface area contributed by atoms with Crippen LogP contribution in [-0.4, -0.2) is 24.2 Å². The molecular formula is C15H16FNO3S. The fourth-order valence-electron chi connectivity index (χ4n) is 1.79. The largest absolute Gasteiger partial charge is 0.481 e. The zero-order valence-corrected chi connectivity index (χ0v) is 12.3. The zero-order valence-electron chi connectivity index (χ0n) is 11.5. The molecule has 0 bridgehead atoms. The lowest BCUT2D eigenvalue weighted by Crippen LogP contribution is -2.32. The second-order valence-electron chi connectivity index (χ2n) is 4.51. The molecule has 0 saturated carbocycles. The van der Waals surface area contributed by atoms with Crippen molar-refractivity contribution in [1.82, 2.24) is 5.32 Å². The fourth-order valence-corrected chi connectivity index (χ4v) is 2.70. The minimum Gasteiger partial charge on any atom is -0.481 e. The van der Waals surface area contributed by atoms with Crippen LogP contribution in [0.5, 0.6) is 5.75 Å². The number of amides is 1. The van der Waals surface area contributed by atoms with Crippen LogP contribution in [0.4, 0.5) is 4.39 Å². The average molecular weight is 309 g/mol. The molecule has 0 aliphatic heterocycles. The van der Waals surface area contributed by atoms with E-state index in [0.717, 1.165) is 10.4 Å². The number of para-hydroxylation sites is 1. The van der Waals surface area contributed by atoms with Gasteiger partial charge in [-0.1, -0.05) is 12.1 Å². The van der Waals surface area contributed by atoms with Crippen molar-refractivity contribution >= 4 is 17.2 Å². The van der Waals surface area contributed by atoms with Crippen LogP contribution >= 0.6 is 11.3 Å². The van der Waals surface area contributed by atoms with Gasteiger partial charge in [0.15, 0.2) is 18.2 Å². The summed E-state index contributed by atoms with van der Waals surface area (Å²) < 4.78 is 18.4. The zero-order chi connectivity index (χ0) is 15.2. The lowest BCUT2D eigenvalue weighted by atomic mass is 10.2. The van der Waals surface area contributed by atoms with Crippen LogP contribution in [0, 0.1) is 12.7 Å². The van der Waals surface area contributed by atoms with Gasteiger partial charge in [-0.3, -0.25) is 4.79 Å². The first-order valence-corrected chi connectivity index (χ1v) is 7.32. The van der Waals surface area contributed by atoms with Crippen LogP contribution in [0.1, 0.15) is 16.5 Å². The minimum absolute atomic E-state index is 0.0299. The standard InChI is InChI=1S/C15H16FNO3S/c1-10-6-7-21-15(10)12(18)8-17-14(19)9-20-13-5-3-2-4-11(13)16/h2-7,12,18H,8-9H2,1H3,(H,17,19)/t12-/m1/s1. The summed E-state index contributed by atoms with van der Waals surface area (Å²) in [5.74, 6) is -0.895. The first-order valence-electron chi connectivity index (χ1n) is 6.44. The SMILES string of the molecule is Cc1ccsc1[C@H](O)CNC(=O)COc1ccccc1F. The molecular weight excluding hydrogens is 293 g/mol. The Labute approximate surface area is 126 Å². The molecule has 1 aromatic heterocycles. The van der Waals surface area contributed by atoms with E-state index < -0.39 is 17.8 Å². The van der Waals surface area contributed by atoms with E-state index >= 15 is 0 Å². The maximum atomic E-state index is 13.3. The summed E-state index contributed by atoms with van der Waals surface area (Å²) in [4.78, 5) is 12.4. The molecule has 1 amide bonds. The van der Waals surface area contributed by atoms with Gasteiger partial charge in [-0.25, -0.2) is 4.39 Å². The van der Waals surface area contributed by atoms with Gasteiger partial charge in [0.25, 0.3) is 5.91 Å². The molecule has 0 unspecified atom stereocenters. The summed E-state index contributed by atoms with van der Waals surface area (Å²) in [7, 11) is 0. The molecule has 0 radical (unpaired) electrons. The second kappa shape index (κ2) is 7.19. The summed E-state index contributed by atoms with van der Waals surface area (Å²) in [5, 5.41) is 14.4. The molecule has 1 atom stereocenters. The molecule has 2 N–H and O–H groups in total. The Hall–Kier alpha value is -1.92. The van der Waals surface area contributed by atoms with Crippen LogP contribution in [0.2, 0.25) is 0 Å². The highest BCUT2D eigenvalue weighted by Crippen LogP contribution is 2.23. The summed E-state index contributed by atoms with van der Waals surface area (Å²) in [6, 6.07) is 7.79. The average Bonchev–Trinajstić information content (AvgIpc) is 2.90. The number of nitrogens with one attached hydrogen (secondary N) is 1. The number of ether oxygens (including phenoxy) is 1. The molecule has 1 heterocycles. The highest BCUT2D eigenvalue weighted by Gasteiger charge is 2.13. The molecule has 0 saturated heterocycles. The van der Waals surface area contributed by atoms with Crippen LogP contribution in [0.15, 0.2) is 35.7 Å². The van der Waals surface area contributed by atoms with Crippen molar-refractivity contribution in [3.63, 3.8) is 0 Å². The van der Waals surface area contributed by atoms with Crippen molar-refractivity contribution in [1.29, 1.82) is 0 Å². The van der Waals surface area contributed by atoms with Gasteiger partial charge in [-0.05, 0) is 36.1 Å². The third-order valence-corrected chi connectivity index (χ3v) is 4.01. The van der Waals surface area contributed by atoms with Gasteiger partial charge in [0.1, 0.15) is 6.10 Å². The molecule has 0 fully saturated rings. The third-order valence-electron chi connectivity index (χ3n) is 2.89. The van der Waals surface area contributed by atoms with E-state index in [0.29, 0.717) is 0 Å². The summed E-state index contributed by atoms with van der Waals surface area (Å²) in [6.45, 7) is 1.70. The number of aryl methyl sites for hydroxylation is 1. The molecule has 0 aliphatic carbocycles. The van der Waals surface area contributed by atoms with Crippen molar-refractivity contribution in [2.24, 2.45) is 0 Å². The fraction of sp³-hybridized carbons (Fsp3) is 0.267. The van der Waals surface area contributed by atoms with Gasteiger partial charge in [0.05, 0.1) is 0 Å². The Kier molecular flexibility index (Phi) is 5.30. The molecule has 112 valence electrons. The highest BCUT2D eigenvalue weighted by molar-refractivity contribution is 7.10. The third kappa shape index (κ3) is 4.27. The van der Waals surface area contributed by atoms with Crippen molar-refractivity contribution in [2.75, 3.05) is 13.2 Å². The Morgan fingerprint density at radius 2 is 2.19 bits per heavy atom. The Morgan fingerprint density at radius 1 is 1.43 bits per heavy atom. The molecule has 21 heavy (non-hydrogen) atoms. The molecule has 6 heteroatoms. The topological polar surface area (TPSA) is 58.6 Å². The Morgan fingerprint density at radius 3 is 2.86 bits per heavy atom. The van der Waals surface area contributed by atoms with Crippen molar-refractivity contribution < 1.29 is 19.0 Å². The summed E-state index contributed by atoms with van der Waals surface area (Å²) >= 11 is 1.44. The molecule has 4 nitrogen and oxygen atoms in total. The number of hydrogen-bond donors (Lipinski definition) is 2. The van der Waals surface area contributed by atoms with E-state index in [2.05, 4.69) is 5.32 Å². The van der Waals surface area contributed by atoms with Gasteiger partial charge < -0.3 is 15.2 Å². The van der Waals surface area contributed by atoms with E-state index in [1.54, 1.807) is 12.1 Å². The van der Waals surface area contributed by atoms with Gasteiger partial charge in [0, 0.05) is 11.4 Å². The van der Waals surface area contributed by atoms with E-state index in [1.165, 1.54) is 23.5 Å². The van der Waals surface area contributed by atoms with Crippen LogP contribution < -0.4 is 10.1 Å². The number of benzene rings is 1. The number of hydrogen-bond acceptors (Lipinski definition) is 4. The van der Waals surface area contributed by atoms with Gasteiger partial charge >= 0.3 is 0 Å². The lowest BCUT2D eigenvalue weighted by Gasteiger charge is -2.12. The van der Waals surface area contributed by atoms with Crippen molar-refractivity contribution in [3.05, 3.63) is 52.0 Å². The highest BCUT2D eigenvalue weighted by atomic mass is 32.1. The summed E-state index contributed by atoms with van der Waals surface area (Å²) in [5.41, 5.74) is 0.990. The molecule has 0 aliphatic rings. The predicted molar refractivity (Wildman–Crippen MR) is 78.9 cm³/mol. The van der Waals surface area contributed by atoms with E-state index in [9.17, 15) is 14.3 Å². The minimum atomic E-state index is -0.748. The number of halogens is 1. The molecule has 2 rings (SSSR count). The smallest absolute Gasteiger partial charge is 0.258 e. The van der Waals surface area contributed by atoms with Gasteiger partial charge in [-0.15, -0.1) is 11.3 Å². The first kappa shape index (κ1) is 15.5.